The summed E-state index contributed by atoms with van der Waals surface area (Å²) in [6.07, 6.45) is -3.04. The molecule has 1 aromatic rings. The molecule has 0 fully saturated rings. The van der Waals surface area contributed by atoms with Crippen LogP contribution in [0, 0.1) is 0 Å². The quantitative estimate of drug-likeness (QED) is 0.827. The lowest BCUT2D eigenvalue weighted by Gasteiger charge is -2.22. The number of hydrogen-bond donors (Lipinski definition) is 2. The molecule has 0 spiro atoms. The lowest BCUT2D eigenvalue weighted by Crippen LogP contribution is -2.51. The molecule has 1 aromatic carbocycles. The molecule has 0 aliphatic carbocycles. The Balaban J connectivity index is 3.03. The third-order valence-corrected chi connectivity index (χ3v) is 2.40. The van der Waals surface area contributed by atoms with Crippen LogP contribution in [0.5, 0.6) is 5.75 Å². The maximum absolute atomic E-state index is 12.4. The largest absolute Gasteiger partial charge is 0.507 e. The molecule has 8 nitrogen and oxygen atoms in total. The van der Waals surface area contributed by atoms with Crippen molar-refractivity contribution in [2.45, 2.75) is 39.9 Å². The summed E-state index contributed by atoms with van der Waals surface area (Å²) in [6, 6.07) is 5.61. The Kier molecular flexibility index (Phi) is 6.37. The zero-order chi connectivity index (χ0) is 17.6. The van der Waals surface area contributed by atoms with Gasteiger partial charge in [0, 0.05) is 0 Å². The predicted octanol–water partition coefficient (Wildman–Crippen LogP) is 2.43. The first-order valence-corrected chi connectivity index (χ1v) is 7.02. The Morgan fingerprint density at radius 2 is 1.61 bits per heavy atom. The van der Waals surface area contributed by atoms with Gasteiger partial charge in [-0.1, -0.05) is 12.1 Å². The Morgan fingerprint density at radius 1 is 1.04 bits per heavy atom. The molecule has 0 heterocycles. The Labute approximate surface area is 134 Å². The number of nitrogens with zero attached hydrogens (tertiary/aromatic N) is 1. The number of amides is 3. The van der Waals surface area contributed by atoms with E-state index in [1.807, 2.05) is 5.43 Å². The topological polar surface area (TPSA) is 105 Å². The van der Waals surface area contributed by atoms with Crippen LogP contribution in [0.3, 0.4) is 0 Å². The SMILES string of the molecule is CC(C)OC(=O)NN(C(=O)OC(C)C)C(=O)c1ccccc1O. The number of aromatic hydroxyl groups is 1. The molecule has 23 heavy (non-hydrogen) atoms. The molecule has 0 atom stereocenters. The molecule has 0 radical (unpaired) electrons. The van der Waals surface area contributed by atoms with Gasteiger partial charge in [-0.05, 0) is 39.8 Å². The molecule has 0 bridgehead atoms. The van der Waals surface area contributed by atoms with E-state index in [1.165, 1.54) is 24.3 Å². The van der Waals surface area contributed by atoms with Gasteiger partial charge in [0.1, 0.15) is 5.75 Å². The molecule has 0 saturated heterocycles. The highest BCUT2D eigenvalue weighted by atomic mass is 16.6. The number of benzene rings is 1. The summed E-state index contributed by atoms with van der Waals surface area (Å²) in [6.45, 7) is 6.41. The molecule has 0 saturated carbocycles. The summed E-state index contributed by atoms with van der Waals surface area (Å²) in [5.74, 6) is -1.28. The second-order valence-electron chi connectivity index (χ2n) is 5.16. The van der Waals surface area contributed by atoms with Crippen LogP contribution < -0.4 is 5.43 Å². The number of nitrogens with one attached hydrogen (secondary N) is 1. The minimum absolute atomic E-state index is 0.168. The highest BCUT2D eigenvalue weighted by molar-refractivity contribution is 6.05. The number of rotatable bonds is 3. The first-order chi connectivity index (χ1) is 10.7. The first-order valence-electron chi connectivity index (χ1n) is 7.02. The highest BCUT2D eigenvalue weighted by Gasteiger charge is 2.29. The van der Waals surface area contributed by atoms with Crippen molar-refractivity contribution in [2.75, 3.05) is 0 Å². The van der Waals surface area contributed by atoms with E-state index in [4.69, 9.17) is 9.47 Å². The summed E-state index contributed by atoms with van der Waals surface area (Å²) < 4.78 is 9.75. The number of hydrogen-bond acceptors (Lipinski definition) is 6. The van der Waals surface area contributed by atoms with Gasteiger partial charge in [0.25, 0.3) is 5.91 Å². The monoisotopic (exact) mass is 324 g/mol. The maximum atomic E-state index is 12.4. The average Bonchev–Trinajstić information content (AvgIpc) is 2.43. The van der Waals surface area contributed by atoms with Gasteiger partial charge in [-0.3, -0.25) is 4.79 Å². The Hall–Kier alpha value is -2.77. The average molecular weight is 324 g/mol. The van der Waals surface area contributed by atoms with Crippen LogP contribution in [0.25, 0.3) is 0 Å². The van der Waals surface area contributed by atoms with Gasteiger partial charge in [0.05, 0.1) is 17.8 Å². The van der Waals surface area contributed by atoms with E-state index >= 15 is 0 Å². The molecule has 0 unspecified atom stereocenters. The van der Waals surface area contributed by atoms with Gasteiger partial charge in [-0.15, -0.1) is 5.01 Å². The van der Waals surface area contributed by atoms with E-state index < -0.39 is 30.3 Å². The number of hydrazine groups is 1. The Morgan fingerprint density at radius 3 is 2.13 bits per heavy atom. The van der Waals surface area contributed by atoms with Gasteiger partial charge in [-0.25, -0.2) is 15.0 Å². The summed E-state index contributed by atoms with van der Waals surface area (Å²) in [5, 5.41) is 10.1. The fourth-order valence-electron chi connectivity index (χ4n) is 1.54. The highest BCUT2D eigenvalue weighted by Crippen LogP contribution is 2.18. The fourth-order valence-corrected chi connectivity index (χ4v) is 1.54. The third kappa shape index (κ3) is 5.50. The van der Waals surface area contributed by atoms with Crippen LogP contribution in [0.2, 0.25) is 0 Å². The number of phenolic OH excluding ortho intramolecular Hbond substituents is 1. The van der Waals surface area contributed by atoms with E-state index in [1.54, 1.807) is 27.7 Å². The number of carbonyl (C=O) groups is 3. The van der Waals surface area contributed by atoms with Crippen LogP contribution in [0.4, 0.5) is 9.59 Å². The normalized spacial score (nSPS) is 10.3. The second-order valence-corrected chi connectivity index (χ2v) is 5.16. The van der Waals surface area contributed by atoms with Crippen molar-refractivity contribution >= 4 is 18.1 Å². The van der Waals surface area contributed by atoms with E-state index in [0.29, 0.717) is 5.01 Å². The standard InChI is InChI=1S/C15H20N2O6/c1-9(2)22-14(20)16-17(15(21)23-10(3)4)13(19)11-7-5-6-8-12(11)18/h5-10,18H,1-4H3,(H,16,20). The van der Waals surface area contributed by atoms with Gasteiger partial charge in [0.15, 0.2) is 0 Å². The lowest BCUT2D eigenvalue weighted by molar-refractivity contribution is 0.0381. The molecule has 8 heteroatoms. The zero-order valence-corrected chi connectivity index (χ0v) is 13.4. The number of ether oxygens (including phenoxy) is 2. The Bertz CT molecular complexity index is 585. The summed E-state index contributed by atoms with van der Waals surface area (Å²) >= 11 is 0. The number of para-hydroxylation sites is 1. The van der Waals surface area contributed by atoms with Crippen LogP contribution in [-0.4, -0.2) is 40.4 Å². The van der Waals surface area contributed by atoms with E-state index in [0.717, 1.165) is 0 Å². The summed E-state index contributed by atoms with van der Waals surface area (Å²) in [4.78, 5) is 36.1. The second kappa shape index (κ2) is 8.02. The smallest absolute Gasteiger partial charge is 0.436 e. The van der Waals surface area contributed by atoms with Crippen LogP contribution >= 0.6 is 0 Å². The molecule has 0 aromatic heterocycles. The molecule has 1 rings (SSSR count). The van der Waals surface area contributed by atoms with Gasteiger partial charge >= 0.3 is 12.2 Å². The third-order valence-electron chi connectivity index (χ3n) is 2.40. The number of imide groups is 1. The first kappa shape index (κ1) is 18.3. The lowest BCUT2D eigenvalue weighted by atomic mass is 10.2. The summed E-state index contributed by atoms with van der Waals surface area (Å²) in [7, 11) is 0. The van der Waals surface area contributed by atoms with Gasteiger partial charge in [-0.2, -0.15) is 0 Å². The molecular weight excluding hydrogens is 304 g/mol. The predicted molar refractivity (Wildman–Crippen MR) is 80.6 cm³/mol. The molecule has 0 aliphatic heterocycles. The van der Waals surface area contributed by atoms with Crippen LogP contribution in [-0.2, 0) is 9.47 Å². The van der Waals surface area contributed by atoms with Crippen molar-refractivity contribution in [1.29, 1.82) is 0 Å². The fraction of sp³-hybridized carbons (Fsp3) is 0.400. The van der Waals surface area contributed by atoms with Crippen LogP contribution in [0.15, 0.2) is 24.3 Å². The van der Waals surface area contributed by atoms with Gasteiger partial charge < -0.3 is 14.6 Å². The van der Waals surface area contributed by atoms with E-state index in [2.05, 4.69) is 0 Å². The van der Waals surface area contributed by atoms with Crippen molar-refractivity contribution in [2.24, 2.45) is 0 Å². The van der Waals surface area contributed by atoms with E-state index in [-0.39, 0.29) is 11.3 Å². The van der Waals surface area contributed by atoms with Crippen LogP contribution in [0.1, 0.15) is 38.1 Å². The molecule has 0 aliphatic rings. The van der Waals surface area contributed by atoms with Crippen molar-refractivity contribution in [1.82, 2.24) is 10.4 Å². The van der Waals surface area contributed by atoms with Crippen molar-refractivity contribution < 1.29 is 29.0 Å². The molecule has 2 N–H and O–H groups in total. The van der Waals surface area contributed by atoms with Crippen molar-refractivity contribution in [3.05, 3.63) is 29.8 Å². The molecular formula is C15H20N2O6. The zero-order valence-electron chi connectivity index (χ0n) is 13.4. The van der Waals surface area contributed by atoms with E-state index in [9.17, 15) is 19.5 Å². The van der Waals surface area contributed by atoms with Crippen molar-refractivity contribution in [3.8, 4) is 5.75 Å². The minimum atomic E-state index is -1.09. The minimum Gasteiger partial charge on any atom is -0.507 e. The molecule has 3 amide bonds. The van der Waals surface area contributed by atoms with Crippen molar-refractivity contribution in [3.63, 3.8) is 0 Å². The van der Waals surface area contributed by atoms with Gasteiger partial charge in [0.2, 0.25) is 0 Å². The number of phenols is 1. The number of carbonyl (C=O) groups excluding carboxylic acids is 3. The summed E-state index contributed by atoms with van der Waals surface area (Å²) in [5.41, 5.74) is 1.85. The molecule has 126 valence electrons. The maximum Gasteiger partial charge on any atom is 0.436 e.